The van der Waals surface area contributed by atoms with Crippen LogP contribution in [0.2, 0.25) is 0 Å². The van der Waals surface area contributed by atoms with E-state index in [1.54, 1.807) is 11.9 Å². The molecule has 2 saturated heterocycles. The van der Waals surface area contributed by atoms with E-state index in [1.807, 2.05) is 18.2 Å². The van der Waals surface area contributed by atoms with E-state index in [4.69, 9.17) is 4.74 Å². The van der Waals surface area contributed by atoms with E-state index in [1.165, 1.54) is 5.69 Å². The standard InChI is InChI=1S/C18H27N3O3/c1-20(14-18(23)8-11-24-12-9-18)17(22)19-15-7-10-21(13-15)16-5-3-2-4-6-16/h2-6,15,23H,7-14H2,1H3,(H,19,22)/t15-/m0/s1. The molecule has 132 valence electrons. The van der Waals surface area contributed by atoms with Gasteiger partial charge >= 0.3 is 6.03 Å². The Morgan fingerprint density at radius 1 is 1.38 bits per heavy atom. The van der Waals surface area contributed by atoms with Gasteiger partial charge in [0.2, 0.25) is 0 Å². The highest BCUT2D eigenvalue weighted by Gasteiger charge is 2.33. The number of rotatable bonds is 4. The lowest BCUT2D eigenvalue weighted by Crippen LogP contribution is -2.51. The van der Waals surface area contributed by atoms with E-state index in [2.05, 4.69) is 22.3 Å². The highest BCUT2D eigenvalue weighted by atomic mass is 16.5. The van der Waals surface area contributed by atoms with E-state index in [0.29, 0.717) is 32.6 Å². The van der Waals surface area contributed by atoms with Gasteiger partial charge in [0, 0.05) is 57.9 Å². The molecule has 6 nitrogen and oxygen atoms in total. The summed E-state index contributed by atoms with van der Waals surface area (Å²) in [5, 5.41) is 13.6. The lowest BCUT2D eigenvalue weighted by molar-refractivity contribution is -0.0723. The van der Waals surface area contributed by atoms with E-state index in [0.717, 1.165) is 19.5 Å². The minimum atomic E-state index is -0.823. The molecule has 0 aromatic heterocycles. The van der Waals surface area contributed by atoms with Crippen molar-refractivity contribution in [1.82, 2.24) is 10.2 Å². The zero-order valence-corrected chi connectivity index (χ0v) is 14.3. The van der Waals surface area contributed by atoms with Crippen LogP contribution in [-0.4, -0.2) is 67.6 Å². The van der Waals surface area contributed by atoms with Gasteiger partial charge in [-0.15, -0.1) is 0 Å². The number of hydrogen-bond acceptors (Lipinski definition) is 4. The second-order valence-electron chi connectivity index (χ2n) is 6.91. The molecule has 2 amide bonds. The average Bonchev–Trinajstić information content (AvgIpc) is 3.04. The van der Waals surface area contributed by atoms with Gasteiger partial charge in [-0.2, -0.15) is 0 Å². The van der Waals surface area contributed by atoms with Gasteiger partial charge in [-0.1, -0.05) is 18.2 Å². The maximum absolute atomic E-state index is 12.4. The van der Waals surface area contributed by atoms with Crippen LogP contribution in [0.1, 0.15) is 19.3 Å². The summed E-state index contributed by atoms with van der Waals surface area (Å²) in [6.07, 6.45) is 2.10. The Hall–Kier alpha value is -1.79. The lowest BCUT2D eigenvalue weighted by atomic mass is 9.94. The lowest BCUT2D eigenvalue weighted by Gasteiger charge is -2.35. The number of anilines is 1. The van der Waals surface area contributed by atoms with Gasteiger partial charge in [0.1, 0.15) is 0 Å². The number of urea groups is 1. The summed E-state index contributed by atoms with van der Waals surface area (Å²) < 4.78 is 5.28. The molecule has 1 aromatic rings. The van der Waals surface area contributed by atoms with Crippen LogP contribution in [0.15, 0.2) is 30.3 Å². The number of aliphatic hydroxyl groups is 1. The third kappa shape index (κ3) is 4.19. The molecule has 3 rings (SSSR count). The fourth-order valence-electron chi connectivity index (χ4n) is 3.46. The first kappa shape index (κ1) is 17.0. The molecule has 2 heterocycles. The molecule has 0 radical (unpaired) electrons. The maximum Gasteiger partial charge on any atom is 0.317 e. The third-order valence-electron chi connectivity index (χ3n) is 4.94. The number of amides is 2. The average molecular weight is 333 g/mol. The highest BCUT2D eigenvalue weighted by Crippen LogP contribution is 2.22. The minimum Gasteiger partial charge on any atom is -0.388 e. The molecule has 1 atom stereocenters. The summed E-state index contributed by atoms with van der Waals surface area (Å²) in [6, 6.07) is 10.3. The molecule has 2 aliphatic rings. The van der Waals surface area contributed by atoms with Crippen LogP contribution >= 0.6 is 0 Å². The second-order valence-corrected chi connectivity index (χ2v) is 6.91. The number of benzene rings is 1. The van der Waals surface area contributed by atoms with Crippen LogP contribution in [0.3, 0.4) is 0 Å². The zero-order chi connectivity index (χ0) is 17.0. The molecule has 0 bridgehead atoms. The van der Waals surface area contributed by atoms with Crippen molar-refractivity contribution in [3.8, 4) is 0 Å². The highest BCUT2D eigenvalue weighted by molar-refractivity contribution is 5.74. The summed E-state index contributed by atoms with van der Waals surface area (Å²) >= 11 is 0. The Labute approximate surface area is 143 Å². The topological polar surface area (TPSA) is 65.0 Å². The minimum absolute atomic E-state index is 0.116. The normalized spacial score (nSPS) is 23.1. The molecule has 2 aliphatic heterocycles. The fraction of sp³-hybridized carbons (Fsp3) is 0.611. The Morgan fingerprint density at radius 2 is 2.08 bits per heavy atom. The van der Waals surface area contributed by atoms with Crippen molar-refractivity contribution in [2.24, 2.45) is 0 Å². The van der Waals surface area contributed by atoms with E-state index in [-0.39, 0.29) is 12.1 Å². The van der Waals surface area contributed by atoms with Gasteiger partial charge in [-0.3, -0.25) is 0 Å². The first-order valence-electron chi connectivity index (χ1n) is 8.67. The molecule has 24 heavy (non-hydrogen) atoms. The number of ether oxygens (including phenoxy) is 1. The molecule has 2 fully saturated rings. The Bertz CT molecular complexity index is 546. The van der Waals surface area contributed by atoms with Crippen LogP contribution in [0.4, 0.5) is 10.5 Å². The van der Waals surface area contributed by atoms with Crippen LogP contribution in [0, 0.1) is 0 Å². The summed E-state index contributed by atoms with van der Waals surface area (Å²) in [5.41, 5.74) is 0.370. The number of carbonyl (C=O) groups is 1. The Balaban J connectivity index is 1.48. The van der Waals surface area contributed by atoms with Crippen molar-refractivity contribution < 1.29 is 14.6 Å². The van der Waals surface area contributed by atoms with E-state index in [9.17, 15) is 9.90 Å². The largest absolute Gasteiger partial charge is 0.388 e. The molecule has 0 saturated carbocycles. The van der Waals surface area contributed by atoms with Crippen LogP contribution in [0.5, 0.6) is 0 Å². The molecule has 2 N–H and O–H groups in total. The molecule has 0 spiro atoms. The predicted octanol–water partition coefficient (Wildman–Crippen LogP) is 1.45. The van der Waals surface area contributed by atoms with E-state index < -0.39 is 5.60 Å². The molecule has 1 aromatic carbocycles. The second kappa shape index (κ2) is 7.40. The number of nitrogens with zero attached hydrogens (tertiary/aromatic N) is 2. The smallest absolute Gasteiger partial charge is 0.317 e. The fourth-order valence-corrected chi connectivity index (χ4v) is 3.46. The predicted molar refractivity (Wildman–Crippen MR) is 93.2 cm³/mol. The summed E-state index contributed by atoms with van der Waals surface area (Å²) in [6.45, 7) is 3.22. The summed E-state index contributed by atoms with van der Waals surface area (Å²) in [5.74, 6) is 0. The monoisotopic (exact) mass is 333 g/mol. The maximum atomic E-state index is 12.4. The van der Waals surface area contributed by atoms with Crippen molar-refractivity contribution in [3.63, 3.8) is 0 Å². The van der Waals surface area contributed by atoms with Crippen molar-refractivity contribution in [2.75, 3.05) is 44.8 Å². The van der Waals surface area contributed by atoms with Gasteiger partial charge in [0.25, 0.3) is 0 Å². The van der Waals surface area contributed by atoms with Gasteiger partial charge in [-0.25, -0.2) is 4.79 Å². The molecular weight excluding hydrogens is 306 g/mol. The first-order valence-corrected chi connectivity index (χ1v) is 8.67. The van der Waals surface area contributed by atoms with Crippen molar-refractivity contribution in [1.29, 1.82) is 0 Å². The van der Waals surface area contributed by atoms with Crippen LogP contribution in [-0.2, 0) is 4.74 Å². The summed E-state index contributed by atoms with van der Waals surface area (Å²) in [4.78, 5) is 16.3. The van der Waals surface area contributed by atoms with E-state index >= 15 is 0 Å². The molecule has 0 aliphatic carbocycles. The quantitative estimate of drug-likeness (QED) is 0.875. The van der Waals surface area contributed by atoms with Crippen molar-refractivity contribution in [3.05, 3.63) is 30.3 Å². The van der Waals surface area contributed by atoms with Gasteiger partial charge in [0.15, 0.2) is 0 Å². The number of hydrogen-bond donors (Lipinski definition) is 2. The van der Waals surface area contributed by atoms with Crippen LogP contribution in [0.25, 0.3) is 0 Å². The molecule has 0 unspecified atom stereocenters. The zero-order valence-electron chi connectivity index (χ0n) is 14.3. The summed E-state index contributed by atoms with van der Waals surface area (Å²) in [7, 11) is 1.74. The van der Waals surface area contributed by atoms with Crippen molar-refractivity contribution in [2.45, 2.75) is 30.9 Å². The van der Waals surface area contributed by atoms with Crippen molar-refractivity contribution >= 4 is 11.7 Å². The van der Waals surface area contributed by atoms with Crippen LogP contribution < -0.4 is 10.2 Å². The van der Waals surface area contributed by atoms with Gasteiger partial charge < -0.3 is 25.0 Å². The third-order valence-corrected chi connectivity index (χ3v) is 4.94. The number of carbonyl (C=O) groups excluding carboxylic acids is 1. The molecule has 6 heteroatoms. The SMILES string of the molecule is CN(CC1(O)CCOCC1)C(=O)N[C@H]1CCN(c2ccccc2)C1. The number of likely N-dealkylation sites (N-methyl/N-ethyl adjacent to an activating group) is 1. The Kier molecular flexibility index (Phi) is 5.26. The molecular formula is C18H27N3O3. The van der Waals surface area contributed by atoms with Gasteiger partial charge in [0.05, 0.1) is 12.1 Å². The first-order chi connectivity index (χ1) is 11.6. The van der Waals surface area contributed by atoms with Gasteiger partial charge in [-0.05, 0) is 18.6 Å². The number of nitrogens with one attached hydrogen (secondary N) is 1. The number of para-hydroxylation sites is 1. The Morgan fingerprint density at radius 3 is 2.79 bits per heavy atom.